The van der Waals surface area contributed by atoms with Gasteiger partial charge in [-0.25, -0.2) is 0 Å². The van der Waals surface area contributed by atoms with Gasteiger partial charge in [-0.05, 0) is 57.5 Å². The zero-order valence-corrected chi connectivity index (χ0v) is 12.4. The molecule has 106 valence electrons. The molecule has 0 heterocycles. The van der Waals surface area contributed by atoms with Crippen LogP contribution in [0.2, 0.25) is 0 Å². The minimum absolute atomic E-state index is 0.470. The summed E-state index contributed by atoms with van der Waals surface area (Å²) in [5, 5.41) is 3.67. The molecule has 0 radical (unpaired) electrons. The van der Waals surface area contributed by atoms with Crippen LogP contribution in [0.3, 0.4) is 0 Å². The first-order valence-corrected chi connectivity index (χ1v) is 7.20. The van der Waals surface area contributed by atoms with E-state index in [9.17, 15) is 0 Å². The Labute approximate surface area is 116 Å². The molecule has 0 bridgehead atoms. The van der Waals surface area contributed by atoms with E-state index in [0.717, 1.165) is 6.54 Å². The monoisotopic (exact) mass is 262 g/mol. The molecule has 3 heteroatoms. The Hall–Kier alpha value is -1.06. The highest BCUT2D eigenvalue weighted by Gasteiger charge is 2.20. The fourth-order valence-electron chi connectivity index (χ4n) is 2.80. The summed E-state index contributed by atoms with van der Waals surface area (Å²) < 4.78 is 5.42. The number of anilines is 1. The third-order valence-electron chi connectivity index (χ3n) is 3.80. The number of hydrogen-bond acceptors (Lipinski definition) is 3. The van der Waals surface area contributed by atoms with E-state index in [2.05, 4.69) is 48.6 Å². The van der Waals surface area contributed by atoms with Crippen LogP contribution in [-0.2, 0) is 11.3 Å². The van der Waals surface area contributed by atoms with E-state index in [4.69, 9.17) is 4.74 Å². The maximum absolute atomic E-state index is 5.42. The fraction of sp³-hybridized carbons (Fsp3) is 0.625. The van der Waals surface area contributed by atoms with Gasteiger partial charge in [-0.15, -0.1) is 0 Å². The number of benzene rings is 1. The van der Waals surface area contributed by atoms with Crippen LogP contribution in [0, 0.1) is 0 Å². The lowest BCUT2D eigenvalue weighted by molar-refractivity contribution is 0.0682. The summed E-state index contributed by atoms with van der Waals surface area (Å²) >= 11 is 0. The van der Waals surface area contributed by atoms with Crippen LogP contribution in [0.1, 0.15) is 31.2 Å². The van der Waals surface area contributed by atoms with Crippen LogP contribution in [0.15, 0.2) is 24.3 Å². The highest BCUT2D eigenvalue weighted by Crippen LogP contribution is 2.24. The molecular weight excluding hydrogens is 236 g/mol. The minimum atomic E-state index is 0.470. The van der Waals surface area contributed by atoms with Crippen molar-refractivity contribution < 1.29 is 4.74 Å². The van der Waals surface area contributed by atoms with Crippen LogP contribution >= 0.6 is 0 Å². The van der Waals surface area contributed by atoms with E-state index in [0.29, 0.717) is 12.1 Å². The second kappa shape index (κ2) is 6.92. The molecule has 1 fully saturated rings. The second-order valence-electron chi connectivity index (χ2n) is 5.79. The Morgan fingerprint density at radius 2 is 1.95 bits per heavy atom. The highest BCUT2D eigenvalue weighted by molar-refractivity contribution is 5.46. The summed E-state index contributed by atoms with van der Waals surface area (Å²) in [6.45, 7) is 0.992. The molecular formula is C16H26N2O. The van der Waals surface area contributed by atoms with Crippen LogP contribution in [0.5, 0.6) is 0 Å². The fourth-order valence-corrected chi connectivity index (χ4v) is 2.80. The van der Waals surface area contributed by atoms with Gasteiger partial charge in [-0.3, -0.25) is 0 Å². The molecule has 1 aliphatic rings. The van der Waals surface area contributed by atoms with Gasteiger partial charge in [-0.2, -0.15) is 0 Å². The Kier molecular flexibility index (Phi) is 5.23. The lowest BCUT2D eigenvalue weighted by Gasteiger charge is -2.29. The molecule has 0 amide bonds. The predicted octanol–water partition coefficient (Wildman–Crippen LogP) is 3.12. The topological polar surface area (TPSA) is 24.5 Å². The van der Waals surface area contributed by atoms with Crippen molar-refractivity contribution in [1.29, 1.82) is 0 Å². The first-order chi connectivity index (χ1) is 9.17. The van der Waals surface area contributed by atoms with Gasteiger partial charge >= 0.3 is 0 Å². The first-order valence-electron chi connectivity index (χ1n) is 7.20. The summed E-state index contributed by atoms with van der Waals surface area (Å²) in [5.41, 5.74) is 2.61. The van der Waals surface area contributed by atoms with Crippen molar-refractivity contribution in [3.05, 3.63) is 29.8 Å². The second-order valence-corrected chi connectivity index (χ2v) is 5.79. The Morgan fingerprint density at radius 1 is 1.21 bits per heavy atom. The van der Waals surface area contributed by atoms with Gasteiger partial charge < -0.3 is 15.0 Å². The Balaban J connectivity index is 1.89. The zero-order chi connectivity index (χ0) is 13.7. The number of methoxy groups -OCH3 is 1. The average molecular weight is 262 g/mol. The largest absolute Gasteiger partial charge is 0.382 e. The Morgan fingerprint density at radius 3 is 2.58 bits per heavy atom. The van der Waals surface area contributed by atoms with Crippen molar-refractivity contribution >= 4 is 5.69 Å². The third-order valence-corrected chi connectivity index (χ3v) is 3.80. The van der Waals surface area contributed by atoms with Crippen LogP contribution in [0.4, 0.5) is 5.69 Å². The quantitative estimate of drug-likeness (QED) is 0.882. The van der Waals surface area contributed by atoms with Crippen molar-refractivity contribution in [2.24, 2.45) is 0 Å². The summed E-state index contributed by atoms with van der Waals surface area (Å²) in [4.78, 5) is 2.20. The van der Waals surface area contributed by atoms with Crippen molar-refractivity contribution in [3.8, 4) is 0 Å². The van der Waals surface area contributed by atoms with E-state index in [1.54, 1.807) is 0 Å². The molecule has 1 aromatic rings. The number of nitrogens with zero attached hydrogens (tertiary/aromatic N) is 1. The normalized spacial score (nSPS) is 23.6. The summed E-state index contributed by atoms with van der Waals surface area (Å²) in [7, 11) is 6.03. The summed E-state index contributed by atoms with van der Waals surface area (Å²) in [6.07, 6.45) is 5.22. The standard InChI is InChI=1S/C16H26N2O/c1-18(2)12-13-5-4-6-15(11-13)17-14-7-9-16(19-3)10-8-14/h4-6,11,14,16-17H,7-10,12H2,1-3H3. The van der Waals surface area contributed by atoms with Crippen molar-refractivity contribution in [1.82, 2.24) is 4.90 Å². The molecule has 0 aromatic heterocycles. The molecule has 0 spiro atoms. The zero-order valence-electron chi connectivity index (χ0n) is 12.4. The van der Waals surface area contributed by atoms with Crippen LogP contribution in [0.25, 0.3) is 0 Å². The van der Waals surface area contributed by atoms with E-state index in [1.165, 1.54) is 36.9 Å². The Bertz CT molecular complexity index is 384. The third kappa shape index (κ3) is 4.51. The van der Waals surface area contributed by atoms with Gasteiger partial charge in [0.2, 0.25) is 0 Å². The van der Waals surface area contributed by atoms with Crippen molar-refractivity contribution in [2.45, 2.75) is 44.4 Å². The van der Waals surface area contributed by atoms with E-state index in [-0.39, 0.29) is 0 Å². The van der Waals surface area contributed by atoms with Crippen molar-refractivity contribution in [2.75, 3.05) is 26.5 Å². The predicted molar refractivity (Wildman–Crippen MR) is 80.5 cm³/mol. The van der Waals surface area contributed by atoms with E-state index < -0.39 is 0 Å². The molecule has 1 N–H and O–H groups in total. The van der Waals surface area contributed by atoms with Crippen LogP contribution in [-0.4, -0.2) is 38.3 Å². The molecule has 3 nitrogen and oxygen atoms in total. The van der Waals surface area contributed by atoms with Gasteiger partial charge in [0.1, 0.15) is 0 Å². The molecule has 1 aliphatic carbocycles. The number of hydrogen-bond donors (Lipinski definition) is 1. The van der Waals surface area contributed by atoms with Crippen LogP contribution < -0.4 is 5.32 Å². The average Bonchev–Trinajstić information content (AvgIpc) is 2.39. The molecule has 0 atom stereocenters. The van der Waals surface area contributed by atoms with Crippen molar-refractivity contribution in [3.63, 3.8) is 0 Å². The van der Waals surface area contributed by atoms with Gasteiger partial charge in [0, 0.05) is 25.4 Å². The number of ether oxygens (including phenoxy) is 1. The molecule has 0 aliphatic heterocycles. The summed E-state index contributed by atoms with van der Waals surface area (Å²) in [6, 6.07) is 9.36. The van der Waals surface area contributed by atoms with E-state index in [1.807, 2.05) is 7.11 Å². The minimum Gasteiger partial charge on any atom is -0.382 e. The van der Waals surface area contributed by atoms with Gasteiger partial charge in [0.05, 0.1) is 6.10 Å². The molecule has 0 saturated heterocycles. The highest BCUT2D eigenvalue weighted by atomic mass is 16.5. The SMILES string of the molecule is COC1CCC(Nc2cccc(CN(C)C)c2)CC1. The molecule has 1 aromatic carbocycles. The number of rotatable bonds is 5. The van der Waals surface area contributed by atoms with Gasteiger partial charge in [0.25, 0.3) is 0 Å². The summed E-state index contributed by atoms with van der Waals surface area (Å²) in [5.74, 6) is 0. The maximum atomic E-state index is 5.42. The molecule has 2 rings (SSSR count). The van der Waals surface area contributed by atoms with E-state index >= 15 is 0 Å². The van der Waals surface area contributed by atoms with Gasteiger partial charge in [-0.1, -0.05) is 12.1 Å². The lowest BCUT2D eigenvalue weighted by Crippen LogP contribution is -2.29. The number of nitrogens with one attached hydrogen (secondary N) is 1. The lowest BCUT2D eigenvalue weighted by atomic mass is 9.93. The first kappa shape index (κ1) is 14.4. The molecule has 0 unspecified atom stereocenters. The molecule has 1 saturated carbocycles. The smallest absolute Gasteiger partial charge is 0.0572 e. The van der Waals surface area contributed by atoms with Gasteiger partial charge in [0.15, 0.2) is 0 Å². The maximum Gasteiger partial charge on any atom is 0.0572 e. The molecule has 19 heavy (non-hydrogen) atoms.